The average molecular weight is 403 g/mol. The van der Waals surface area contributed by atoms with Crippen molar-refractivity contribution in [1.82, 2.24) is 15.2 Å². The maximum atomic E-state index is 13.4. The van der Waals surface area contributed by atoms with Gasteiger partial charge in [-0.15, -0.1) is 11.3 Å². The van der Waals surface area contributed by atoms with Crippen LogP contribution < -0.4 is 10.1 Å². The highest BCUT2D eigenvalue weighted by Gasteiger charge is 2.42. The second-order valence-electron chi connectivity index (χ2n) is 6.65. The van der Waals surface area contributed by atoms with E-state index in [1.54, 1.807) is 6.92 Å². The molecule has 1 saturated heterocycles. The molecule has 27 heavy (non-hydrogen) atoms. The van der Waals surface area contributed by atoms with Crippen LogP contribution in [0.1, 0.15) is 22.8 Å². The Kier molecular flexibility index (Phi) is 4.66. The quantitative estimate of drug-likeness (QED) is 0.819. The Labute approximate surface area is 155 Å². The molecule has 7 nitrogen and oxygen atoms in total. The van der Waals surface area contributed by atoms with E-state index in [9.17, 15) is 22.8 Å². The van der Waals surface area contributed by atoms with Crippen molar-refractivity contribution in [3.63, 3.8) is 0 Å². The average Bonchev–Trinajstić information content (AvgIpc) is 2.98. The minimum atomic E-state index is -4.63. The highest BCUT2D eigenvalue weighted by atomic mass is 32.1. The molecular weight excluding hydrogens is 387 g/mol. The number of thiophene rings is 1. The van der Waals surface area contributed by atoms with Crippen molar-refractivity contribution in [2.45, 2.75) is 13.1 Å². The van der Waals surface area contributed by atoms with E-state index >= 15 is 0 Å². The van der Waals surface area contributed by atoms with Crippen molar-refractivity contribution < 1.29 is 32.6 Å². The molecule has 1 aliphatic heterocycles. The maximum Gasteiger partial charge on any atom is 0.418 e. The number of nitrogens with one attached hydrogen (secondary N) is 1. The van der Waals surface area contributed by atoms with Gasteiger partial charge in [0.25, 0.3) is 5.91 Å². The summed E-state index contributed by atoms with van der Waals surface area (Å²) in [5, 5.41) is 12.6. The molecule has 3 heterocycles. The normalized spacial score (nSPS) is 16.1. The Morgan fingerprint density at radius 1 is 1.44 bits per heavy atom. The van der Waals surface area contributed by atoms with E-state index in [1.165, 1.54) is 17.3 Å². The summed E-state index contributed by atoms with van der Waals surface area (Å²) in [6.07, 6.45) is -5.69. The van der Waals surface area contributed by atoms with Gasteiger partial charge in [0.2, 0.25) is 5.88 Å². The molecule has 0 bridgehead atoms. The zero-order valence-corrected chi connectivity index (χ0v) is 15.2. The second kappa shape index (κ2) is 6.55. The number of nitrogens with zero attached hydrogens (tertiary/aromatic N) is 2. The van der Waals surface area contributed by atoms with Crippen molar-refractivity contribution in [2.24, 2.45) is 5.41 Å². The molecule has 0 atom stereocenters. The SMILES string of the molecule is CNC(=O)c1csc2c(C(F)(F)F)cc(OCC3(C)CN(C(=O)O)C3)nc12. The number of pyridine rings is 1. The minimum absolute atomic E-state index is 0.00598. The third-order valence-corrected chi connectivity index (χ3v) is 5.26. The number of alkyl halides is 3. The molecule has 1 fully saturated rings. The van der Waals surface area contributed by atoms with Gasteiger partial charge >= 0.3 is 12.3 Å². The number of aromatic nitrogens is 1. The van der Waals surface area contributed by atoms with E-state index in [-0.39, 0.29) is 41.4 Å². The minimum Gasteiger partial charge on any atom is -0.477 e. The van der Waals surface area contributed by atoms with Crippen molar-refractivity contribution in [1.29, 1.82) is 0 Å². The van der Waals surface area contributed by atoms with E-state index in [1.807, 2.05) is 0 Å². The summed E-state index contributed by atoms with van der Waals surface area (Å²) < 4.78 is 45.6. The molecule has 0 aliphatic carbocycles. The monoisotopic (exact) mass is 403 g/mol. The number of ether oxygens (including phenoxy) is 1. The van der Waals surface area contributed by atoms with Gasteiger partial charge in [-0.1, -0.05) is 6.92 Å². The molecule has 1 aliphatic rings. The Balaban J connectivity index is 1.91. The zero-order valence-electron chi connectivity index (χ0n) is 14.4. The first-order valence-electron chi connectivity index (χ1n) is 7.86. The summed E-state index contributed by atoms with van der Waals surface area (Å²) in [5.41, 5.74) is -1.46. The van der Waals surface area contributed by atoms with Gasteiger partial charge in [0, 0.05) is 37.0 Å². The summed E-state index contributed by atoms with van der Waals surface area (Å²) in [5.74, 6) is -0.796. The highest BCUT2D eigenvalue weighted by molar-refractivity contribution is 7.17. The van der Waals surface area contributed by atoms with Crippen molar-refractivity contribution in [3.8, 4) is 5.88 Å². The summed E-state index contributed by atoms with van der Waals surface area (Å²) in [6, 6.07) is 0.809. The predicted octanol–water partition coefficient (Wildman–Crippen LogP) is 3.05. The van der Waals surface area contributed by atoms with Crippen LogP contribution in [0.4, 0.5) is 18.0 Å². The summed E-state index contributed by atoms with van der Waals surface area (Å²) in [7, 11) is 1.38. The van der Waals surface area contributed by atoms with Crippen LogP contribution in [0.3, 0.4) is 0 Å². The molecule has 11 heteroatoms. The van der Waals surface area contributed by atoms with Gasteiger partial charge in [-0.05, 0) is 0 Å². The molecule has 0 saturated carbocycles. The fraction of sp³-hybridized carbons (Fsp3) is 0.438. The van der Waals surface area contributed by atoms with Crippen LogP contribution in [0.25, 0.3) is 10.2 Å². The lowest BCUT2D eigenvalue weighted by Gasteiger charge is -2.45. The van der Waals surface area contributed by atoms with Crippen LogP contribution in [0.5, 0.6) is 5.88 Å². The first-order chi connectivity index (χ1) is 12.5. The van der Waals surface area contributed by atoms with E-state index < -0.39 is 29.2 Å². The van der Waals surface area contributed by atoms with Gasteiger partial charge < -0.3 is 20.1 Å². The Morgan fingerprint density at radius 2 is 2.11 bits per heavy atom. The first-order valence-corrected chi connectivity index (χ1v) is 8.74. The van der Waals surface area contributed by atoms with E-state index in [0.29, 0.717) is 0 Å². The lowest BCUT2D eigenvalue weighted by atomic mass is 9.83. The van der Waals surface area contributed by atoms with Gasteiger partial charge in [0.1, 0.15) is 0 Å². The third-order valence-electron chi connectivity index (χ3n) is 4.26. The molecule has 2 N–H and O–H groups in total. The van der Waals surface area contributed by atoms with E-state index in [0.717, 1.165) is 17.4 Å². The van der Waals surface area contributed by atoms with Gasteiger partial charge in [0.15, 0.2) is 0 Å². The fourth-order valence-corrected chi connectivity index (χ4v) is 3.94. The van der Waals surface area contributed by atoms with Gasteiger partial charge in [-0.2, -0.15) is 13.2 Å². The van der Waals surface area contributed by atoms with Crippen LogP contribution in [-0.4, -0.2) is 53.7 Å². The van der Waals surface area contributed by atoms with Crippen molar-refractivity contribution in [3.05, 3.63) is 22.6 Å². The number of rotatable bonds is 4. The second-order valence-corrected chi connectivity index (χ2v) is 7.53. The number of carboxylic acid groups (broad SMARTS) is 1. The smallest absolute Gasteiger partial charge is 0.418 e. The summed E-state index contributed by atoms with van der Waals surface area (Å²) >= 11 is 0.792. The number of carbonyl (C=O) groups is 2. The van der Waals surface area contributed by atoms with Crippen LogP contribution >= 0.6 is 11.3 Å². The third kappa shape index (κ3) is 3.64. The Hall–Kier alpha value is -2.56. The molecule has 2 aromatic heterocycles. The lowest BCUT2D eigenvalue weighted by molar-refractivity contribution is -0.136. The molecule has 0 radical (unpaired) electrons. The predicted molar refractivity (Wildman–Crippen MR) is 91.2 cm³/mol. The molecule has 3 rings (SSSR count). The fourth-order valence-electron chi connectivity index (χ4n) is 2.92. The standard InChI is InChI=1S/C16H16F3N3O4S/c1-15(5-22(6-15)14(24)25)7-26-10-3-9(16(17,18)19)12-11(21-10)8(4-27-12)13(23)20-2/h3-4H,5-7H2,1-2H3,(H,20,23)(H,24,25). The van der Waals surface area contributed by atoms with Gasteiger partial charge in [0.05, 0.1) is 28.0 Å². The van der Waals surface area contributed by atoms with Crippen LogP contribution in [-0.2, 0) is 6.18 Å². The zero-order chi connectivity index (χ0) is 20.0. The molecule has 0 spiro atoms. The summed E-state index contributed by atoms with van der Waals surface area (Å²) in [6.45, 7) is 2.22. The topological polar surface area (TPSA) is 91.8 Å². The number of amides is 2. The lowest BCUT2D eigenvalue weighted by Crippen LogP contribution is -2.59. The van der Waals surface area contributed by atoms with Gasteiger partial charge in [-0.25, -0.2) is 9.78 Å². The molecular formula is C16H16F3N3O4S. The molecule has 146 valence electrons. The van der Waals surface area contributed by atoms with Crippen LogP contribution in [0, 0.1) is 5.41 Å². The van der Waals surface area contributed by atoms with E-state index in [4.69, 9.17) is 9.84 Å². The van der Waals surface area contributed by atoms with Crippen LogP contribution in [0.15, 0.2) is 11.4 Å². The Bertz CT molecular complexity index is 906. The summed E-state index contributed by atoms with van der Waals surface area (Å²) in [4.78, 5) is 28.0. The number of halogens is 3. The maximum absolute atomic E-state index is 13.4. The number of carbonyl (C=O) groups excluding carboxylic acids is 1. The number of likely N-dealkylation sites (tertiary alicyclic amines) is 1. The number of hydrogen-bond donors (Lipinski definition) is 2. The van der Waals surface area contributed by atoms with E-state index in [2.05, 4.69) is 10.3 Å². The number of hydrogen-bond acceptors (Lipinski definition) is 5. The number of fused-ring (bicyclic) bond motifs is 1. The highest BCUT2D eigenvalue weighted by Crippen LogP contribution is 2.40. The van der Waals surface area contributed by atoms with Crippen LogP contribution in [0.2, 0.25) is 0 Å². The molecule has 0 aromatic carbocycles. The first kappa shape index (κ1) is 19.2. The molecule has 2 aromatic rings. The molecule has 0 unspecified atom stereocenters. The molecule has 2 amide bonds. The van der Waals surface area contributed by atoms with Crippen molar-refractivity contribution in [2.75, 3.05) is 26.7 Å². The largest absolute Gasteiger partial charge is 0.477 e. The Morgan fingerprint density at radius 3 is 2.67 bits per heavy atom. The van der Waals surface area contributed by atoms with Crippen molar-refractivity contribution >= 4 is 33.6 Å². The van der Waals surface area contributed by atoms with Gasteiger partial charge in [-0.3, -0.25) is 4.79 Å².